The minimum Gasteiger partial charge on any atom is -0.378 e. The average molecular weight is 296 g/mol. The molecule has 0 bridgehead atoms. The Bertz CT molecular complexity index is 656. The van der Waals surface area contributed by atoms with Crippen LogP contribution in [0.3, 0.4) is 0 Å². The van der Waals surface area contributed by atoms with Crippen LogP contribution in [0, 0.1) is 6.92 Å². The third kappa shape index (κ3) is 3.36. The molecule has 0 saturated heterocycles. The number of benzene rings is 1. The summed E-state index contributed by atoms with van der Waals surface area (Å²) in [7, 11) is -3.71. The molecule has 3 nitrogen and oxygen atoms in total. The summed E-state index contributed by atoms with van der Waals surface area (Å²) in [4.78, 5) is 0. The highest BCUT2D eigenvalue weighted by atomic mass is 32.3. The largest absolute Gasteiger partial charge is 0.378 e. The Hall–Kier alpha value is -1.33. The minimum absolute atomic E-state index is 0.222. The molecule has 5 heteroatoms. The Morgan fingerprint density at radius 2 is 1.95 bits per heavy atom. The number of rotatable bonds is 4. The van der Waals surface area contributed by atoms with Crippen LogP contribution in [0.15, 0.2) is 39.9 Å². The number of thiophene rings is 1. The normalized spacial score (nSPS) is 11.8. The van der Waals surface area contributed by atoms with E-state index in [0.29, 0.717) is 11.7 Å². The van der Waals surface area contributed by atoms with Gasteiger partial charge in [-0.15, -0.1) is 11.3 Å². The number of aryl methyl sites for hydroxylation is 1. The van der Waals surface area contributed by atoms with E-state index in [2.05, 4.69) is 13.8 Å². The van der Waals surface area contributed by atoms with Gasteiger partial charge in [-0.2, -0.15) is 8.42 Å². The van der Waals surface area contributed by atoms with Crippen molar-refractivity contribution in [1.29, 1.82) is 0 Å². The van der Waals surface area contributed by atoms with Crippen LogP contribution in [-0.2, 0) is 10.1 Å². The minimum atomic E-state index is -3.71. The van der Waals surface area contributed by atoms with Gasteiger partial charge in [0.05, 0.1) is 0 Å². The van der Waals surface area contributed by atoms with Crippen molar-refractivity contribution in [3.63, 3.8) is 0 Å². The standard InChI is InChI=1S/C14H16O3S2/c1-10(2)12-7-11(3)8-13(9-12)17-19(15,16)14-5-4-6-18-14/h4-10H,1-3H3. The van der Waals surface area contributed by atoms with Crippen molar-refractivity contribution < 1.29 is 12.6 Å². The van der Waals surface area contributed by atoms with Crippen molar-refractivity contribution in [3.8, 4) is 5.75 Å². The second-order valence-electron chi connectivity index (χ2n) is 4.70. The van der Waals surface area contributed by atoms with Crippen LogP contribution in [0.2, 0.25) is 0 Å². The molecule has 0 fully saturated rings. The van der Waals surface area contributed by atoms with Crippen LogP contribution in [0.4, 0.5) is 0 Å². The highest BCUT2D eigenvalue weighted by Gasteiger charge is 2.18. The average Bonchev–Trinajstić information content (AvgIpc) is 2.81. The van der Waals surface area contributed by atoms with Gasteiger partial charge in [-0.3, -0.25) is 0 Å². The molecule has 0 N–H and O–H groups in total. The first-order chi connectivity index (χ1) is 8.88. The summed E-state index contributed by atoms with van der Waals surface area (Å²) in [6.45, 7) is 6.05. The Balaban J connectivity index is 2.34. The van der Waals surface area contributed by atoms with Gasteiger partial charge in [0.25, 0.3) is 0 Å². The molecule has 0 aliphatic rings. The third-order valence-electron chi connectivity index (χ3n) is 2.69. The van der Waals surface area contributed by atoms with E-state index in [1.165, 1.54) is 0 Å². The van der Waals surface area contributed by atoms with E-state index < -0.39 is 10.1 Å². The molecular weight excluding hydrogens is 280 g/mol. The molecule has 1 aromatic carbocycles. The summed E-state index contributed by atoms with van der Waals surface area (Å²) in [5.41, 5.74) is 2.05. The molecule has 0 saturated carbocycles. The maximum Gasteiger partial charge on any atom is 0.348 e. The smallest absolute Gasteiger partial charge is 0.348 e. The third-order valence-corrected chi connectivity index (χ3v) is 5.29. The first-order valence-electron chi connectivity index (χ1n) is 5.98. The molecule has 2 aromatic rings. The molecule has 1 aromatic heterocycles. The topological polar surface area (TPSA) is 43.4 Å². The summed E-state index contributed by atoms with van der Waals surface area (Å²) in [6.07, 6.45) is 0. The summed E-state index contributed by atoms with van der Waals surface area (Å²) in [5.74, 6) is 0.698. The molecular formula is C14H16O3S2. The van der Waals surface area contributed by atoms with Gasteiger partial charge in [0, 0.05) is 0 Å². The van der Waals surface area contributed by atoms with Crippen molar-refractivity contribution in [3.05, 3.63) is 46.8 Å². The maximum atomic E-state index is 12.0. The molecule has 102 valence electrons. The van der Waals surface area contributed by atoms with Crippen molar-refractivity contribution in [1.82, 2.24) is 0 Å². The van der Waals surface area contributed by atoms with Crippen LogP contribution < -0.4 is 4.18 Å². The van der Waals surface area contributed by atoms with Gasteiger partial charge in [0.2, 0.25) is 0 Å². The van der Waals surface area contributed by atoms with Crippen LogP contribution in [-0.4, -0.2) is 8.42 Å². The van der Waals surface area contributed by atoms with Crippen LogP contribution in [0.5, 0.6) is 5.75 Å². The molecule has 0 atom stereocenters. The van der Waals surface area contributed by atoms with E-state index in [1.807, 2.05) is 13.0 Å². The quantitative estimate of drug-likeness (QED) is 0.802. The Morgan fingerprint density at radius 1 is 1.21 bits per heavy atom. The SMILES string of the molecule is Cc1cc(OS(=O)(=O)c2cccs2)cc(C(C)C)c1. The Morgan fingerprint density at radius 3 is 2.53 bits per heavy atom. The zero-order valence-electron chi connectivity index (χ0n) is 11.1. The molecule has 0 amide bonds. The lowest BCUT2D eigenvalue weighted by atomic mass is 10.0. The van der Waals surface area contributed by atoms with E-state index in [-0.39, 0.29) is 4.21 Å². The monoisotopic (exact) mass is 296 g/mol. The van der Waals surface area contributed by atoms with E-state index in [0.717, 1.165) is 22.5 Å². The molecule has 19 heavy (non-hydrogen) atoms. The van der Waals surface area contributed by atoms with Gasteiger partial charge < -0.3 is 4.18 Å². The second kappa shape index (κ2) is 5.35. The molecule has 0 radical (unpaired) electrons. The second-order valence-corrected chi connectivity index (χ2v) is 7.42. The van der Waals surface area contributed by atoms with E-state index in [4.69, 9.17) is 4.18 Å². The summed E-state index contributed by atoms with van der Waals surface area (Å²) < 4.78 is 29.5. The molecule has 0 aliphatic heterocycles. The lowest BCUT2D eigenvalue weighted by Gasteiger charge is -2.11. The number of hydrogen-bond donors (Lipinski definition) is 0. The summed E-state index contributed by atoms with van der Waals surface area (Å²) in [5, 5.41) is 1.71. The fraction of sp³-hybridized carbons (Fsp3) is 0.286. The van der Waals surface area contributed by atoms with Gasteiger partial charge >= 0.3 is 10.1 Å². The maximum absolute atomic E-state index is 12.0. The predicted molar refractivity (Wildman–Crippen MR) is 77.4 cm³/mol. The highest BCUT2D eigenvalue weighted by molar-refractivity contribution is 7.89. The van der Waals surface area contributed by atoms with Crippen LogP contribution in [0.25, 0.3) is 0 Å². The molecule has 0 unspecified atom stereocenters. The Kier molecular flexibility index (Phi) is 3.96. The van der Waals surface area contributed by atoms with E-state index in [1.54, 1.807) is 29.6 Å². The zero-order chi connectivity index (χ0) is 14.0. The van der Waals surface area contributed by atoms with Gasteiger partial charge in [-0.25, -0.2) is 0 Å². The molecule has 2 rings (SSSR count). The van der Waals surface area contributed by atoms with Crippen LogP contribution >= 0.6 is 11.3 Å². The highest BCUT2D eigenvalue weighted by Crippen LogP contribution is 2.26. The Labute approximate surface area is 118 Å². The van der Waals surface area contributed by atoms with Gasteiger partial charge in [-0.05, 0) is 47.5 Å². The number of hydrogen-bond acceptors (Lipinski definition) is 4. The first-order valence-corrected chi connectivity index (χ1v) is 8.27. The first kappa shape index (κ1) is 14.1. The zero-order valence-corrected chi connectivity index (χ0v) is 12.7. The van der Waals surface area contributed by atoms with Gasteiger partial charge in [0.1, 0.15) is 5.75 Å². The molecule has 1 heterocycles. The lowest BCUT2D eigenvalue weighted by molar-refractivity contribution is 0.487. The van der Waals surface area contributed by atoms with E-state index in [9.17, 15) is 8.42 Å². The van der Waals surface area contributed by atoms with Crippen molar-refractivity contribution in [2.45, 2.75) is 30.9 Å². The van der Waals surface area contributed by atoms with Crippen molar-refractivity contribution >= 4 is 21.5 Å². The van der Waals surface area contributed by atoms with Gasteiger partial charge in [0.15, 0.2) is 4.21 Å². The molecule has 0 aliphatic carbocycles. The van der Waals surface area contributed by atoms with Crippen molar-refractivity contribution in [2.24, 2.45) is 0 Å². The predicted octanol–water partition coefficient (Wildman–Crippen LogP) is 3.95. The van der Waals surface area contributed by atoms with Crippen LogP contribution in [0.1, 0.15) is 30.9 Å². The fourth-order valence-corrected chi connectivity index (χ4v) is 3.60. The van der Waals surface area contributed by atoms with Crippen molar-refractivity contribution in [2.75, 3.05) is 0 Å². The lowest BCUT2D eigenvalue weighted by Crippen LogP contribution is -2.08. The van der Waals surface area contributed by atoms with E-state index >= 15 is 0 Å². The summed E-state index contributed by atoms with van der Waals surface area (Å²) in [6, 6.07) is 8.78. The van der Waals surface area contributed by atoms with Gasteiger partial charge in [-0.1, -0.05) is 26.0 Å². The summed E-state index contributed by atoms with van der Waals surface area (Å²) >= 11 is 1.15. The molecule has 0 spiro atoms. The fourth-order valence-electron chi connectivity index (χ4n) is 1.73.